The fourth-order valence-electron chi connectivity index (χ4n) is 1.57. The topological polar surface area (TPSA) is 127 Å². The largest absolute Gasteiger partial charge is 0.480 e. The number of carboxylic acid groups (broad SMARTS) is 1. The second-order valence-corrected chi connectivity index (χ2v) is 6.76. The lowest BCUT2D eigenvalue weighted by molar-refractivity contribution is -0.384. The van der Waals surface area contributed by atoms with Crippen LogP contribution in [0.15, 0.2) is 17.0 Å². The lowest BCUT2D eigenvalue weighted by Crippen LogP contribution is -2.44. The summed E-state index contributed by atoms with van der Waals surface area (Å²) in [7, 11) is -4.56. The van der Waals surface area contributed by atoms with Crippen molar-refractivity contribution in [1.29, 1.82) is 0 Å². The van der Waals surface area contributed by atoms with E-state index < -0.39 is 54.3 Å². The molecule has 0 bridgehead atoms. The molecular weight excluding hydrogens is 343 g/mol. The zero-order chi connectivity index (χ0) is 17.2. The second-order valence-electron chi connectivity index (χ2n) is 4.67. The number of sulfonamides is 1. The smallest absolute Gasteiger partial charge is 0.322 e. The Balaban J connectivity index is 3.32. The molecule has 0 amide bonds. The van der Waals surface area contributed by atoms with E-state index >= 15 is 0 Å². The molecule has 0 aliphatic carbocycles. The average Bonchev–Trinajstić information content (AvgIpc) is 2.37. The Morgan fingerprint density at radius 3 is 2.41 bits per heavy atom. The van der Waals surface area contributed by atoms with Gasteiger partial charge in [0.2, 0.25) is 10.0 Å². The SMILES string of the molecule is CC(C)C(NS(=O)(=O)c1cc(Cl)c([N+](=O)[O-])cc1F)C(=O)O. The fourth-order valence-corrected chi connectivity index (χ4v) is 3.29. The zero-order valence-corrected chi connectivity index (χ0v) is 13.0. The summed E-state index contributed by atoms with van der Waals surface area (Å²) in [5, 5.41) is 19.0. The molecule has 0 aliphatic heterocycles. The Bertz CT molecular complexity index is 722. The summed E-state index contributed by atoms with van der Waals surface area (Å²) >= 11 is 5.55. The molecule has 8 nitrogen and oxygen atoms in total. The van der Waals surface area contributed by atoms with Gasteiger partial charge in [-0.25, -0.2) is 12.8 Å². The third-order valence-electron chi connectivity index (χ3n) is 2.70. The predicted octanol–water partition coefficient (Wildman–Crippen LogP) is 1.77. The molecule has 2 N–H and O–H groups in total. The van der Waals surface area contributed by atoms with E-state index in [1.807, 2.05) is 4.72 Å². The van der Waals surface area contributed by atoms with Gasteiger partial charge in [-0.2, -0.15) is 4.72 Å². The van der Waals surface area contributed by atoms with Crippen LogP contribution < -0.4 is 4.72 Å². The van der Waals surface area contributed by atoms with Crippen molar-refractivity contribution in [3.63, 3.8) is 0 Å². The first-order valence-corrected chi connectivity index (χ1v) is 7.72. The summed E-state index contributed by atoms with van der Waals surface area (Å²) in [4.78, 5) is 19.7. The monoisotopic (exact) mass is 354 g/mol. The summed E-state index contributed by atoms with van der Waals surface area (Å²) in [6.45, 7) is 2.92. The number of rotatable bonds is 6. The van der Waals surface area contributed by atoms with Gasteiger partial charge in [0.05, 0.1) is 11.0 Å². The van der Waals surface area contributed by atoms with Crippen molar-refractivity contribution in [3.05, 3.63) is 33.1 Å². The van der Waals surface area contributed by atoms with Gasteiger partial charge in [-0.3, -0.25) is 14.9 Å². The van der Waals surface area contributed by atoms with Crippen LogP contribution in [0.4, 0.5) is 10.1 Å². The van der Waals surface area contributed by atoms with E-state index in [4.69, 9.17) is 16.7 Å². The molecule has 1 atom stereocenters. The maximum absolute atomic E-state index is 13.8. The summed E-state index contributed by atoms with van der Waals surface area (Å²) < 4.78 is 39.8. The Kier molecular flexibility index (Phi) is 5.44. The number of halogens is 2. The van der Waals surface area contributed by atoms with Gasteiger partial charge in [-0.1, -0.05) is 25.4 Å². The third-order valence-corrected chi connectivity index (χ3v) is 4.46. The van der Waals surface area contributed by atoms with Gasteiger partial charge < -0.3 is 5.11 Å². The van der Waals surface area contributed by atoms with Crippen LogP contribution in [0.5, 0.6) is 0 Å². The lowest BCUT2D eigenvalue weighted by Gasteiger charge is -2.18. The maximum Gasteiger partial charge on any atom is 0.322 e. The maximum atomic E-state index is 13.8. The standard InChI is InChI=1S/C11H12ClFN2O6S/c1-5(2)10(11(16)17)14-22(20,21)9-3-6(12)8(15(18)19)4-7(9)13/h3-5,10,14H,1-2H3,(H,16,17). The summed E-state index contributed by atoms with van der Waals surface area (Å²) in [5.74, 6) is -3.45. The second kappa shape index (κ2) is 6.55. The number of carbonyl (C=O) groups is 1. The van der Waals surface area contributed by atoms with E-state index in [-0.39, 0.29) is 0 Å². The van der Waals surface area contributed by atoms with Gasteiger partial charge in [0, 0.05) is 0 Å². The number of nitrogens with one attached hydrogen (secondary N) is 1. The highest BCUT2D eigenvalue weighted by atomic mass is 35.5. The molecule has 122 valence electrons. The van der Waals surface area contributed by atoms with Crippen molar-refractivity contribution in [2.75, 3.05) is 0 Å². The van der Waals surface area contributed by atoms with Crippen molar-refractivity contribution in [2.24, 2.45) is 5.92 Å². The molecule has 0 aromatic heterocycles. The van der Waals surface area contributed by atoms with E-state index in [0.29, 0.717) is 12.1 Å². The van der Waals surface area contributed by atoms with Crippen LogP contribution in [-0.2, 0) is 14.8 Å². The minimum atomic E-state index is -4.56. The van der Waals surface area contributed by atoms with Crippen molar-refractivity contribution in [1.82, 2.24) is 4.72 Å². The summed E-state index contributed by atoms with van der Waals surface area (Å²) in [6, 6.07) is -0.558. The van der Waals surface area contributed by atoms with Crippen molar-refractivity contribution < 1.29 is 27.6 Å². The highest BCUT2D eigenvalue weighted by Crippen LogP contribution is 2.29. The normalized spacial score (nSPS) is 13.1. The Morgan fingerprint density at radius 2 is 2.00 bits per heavy atom. The Hall–Kier alpha value is -1.78. The first kappa shape index (κ1) is 18.3. The summed E-state index contributed by atoms with van der Waals surface area (Å²) in [5.41, 5.74) is -0.795. The number of nitrogens with zero attached hydrogens (tertiary/aromatic N) is 1. The highest BCUT2D eigenvalue weighted by molar-refractivity contribution is 7.89. The third kappa shape index (κ3) is 3.90. The molecular formula is C11H12ClFN2O6S. The lowest BCUT2D eigenvalue weighted by atomic mass is 10.1. The van der Waals surface area contributed by atoms with Crippen LogP contribution in [0, 0.1) is 21.8 Å². The minimum Gasteiger partial charge on any atom is -0.480 e. The Morgan fingerprint density at radius 1 is 1.45 bits per heavy atom. The number of nitro benzene ring substituents is 1. The first-order chi connectivity index (χ1) is 9.97. The Labute approximate surface area is 130 Å². The molecule has 1 rings (SSSR count). The van der Waals surface area contributed by atoms with Crippen LogP contribution in [0.25, 0.3) is 0 Å². The first-order valence-electron chi connectivity index (χ1n) is 5.86. The number of aliphatic carboxylic acids is 1. The number of benzene rings is 1. The van der Waals surface area contributed by atoms with Gasteiger partial charge in [0.1, 0.15) is 21.8 Å². The van der Waals surface area contributed by atoms with Crippen LogP contribution in [-0.4, -0.2) is 30.5 Å². The number of hydrogen-bond donors (Lipinski definition) is 2. The van der Waals surface area contributed by atoms with E-state index in [1.54, 1.807) is 0 Å². The zero-order valence-electron chi connectivity index (χ0n) is 11.4. The van der Waals surface area contributed by atoms with Crippen LogP contribution in [0.2, 0.25) is 5.02 Å². The molecule has 0 aliphatic rings. The number of carboxylic acids is 1. The fraction of sp³-hybridized carbons (Fsp3) is 0.364. The molecule has 0 heterocycles. The average molecular weight is 355 g/mol. The highest BCUT2D eigenvalue weighted by Gasteiger charge is 2.31. The predicted molar refractivity (Wildman–Crippen MR) is 74.6 cm³/mol. The van der Waals surface area contributed by atoms with E-state index in [2.05, 4.69) is 0 Å². The van der Waals surface area contributed by atoms with Gasteiger partial charge in [0.25, 0.3) is 5.69 Å². The molecule has 0 radical (unpaired) electrons. The molecule has 22 heavy (non-hydrogen) atoms. The molecule has 1 unspecified atom stereocenters. The van der Waals surface area contributed by atoms with E-state index in [9.17, 15) is 27.7 Å². The summed E-state index contributed by atoms with van der Waals surface area (Å²) in [6.07, 6.45) is 0. The molecule has 0 saturated carbocycles. The molecule has 0 fully saturated rings. The van der Waals surface area contributed by atoms with Gasteiger partial charge in [-0.05, 0) is 12.0 Å². The van der Waals surface area contributed by atoms with E-state index in [0.717, 1.165) is 0 Å². The minimum absolute atomic E-state index is 0.363. The van der Waals surface area contributed by atoms with Gasteiger partial charge in [0.15, 0.2) is 0 Å². The quantitative estimate of drug-likeness (QED) is 0.592. The van der Waals surface area contributed by atoms with Gasteiger partial charge >= 0.3 is 5.97 Å². The van der Waals surface area contributed by atoms with Crippen molar-refractivity contribution in [2.45, 2.75) is 24.8 Å². The van der Waals surface area contributed by atoms with Gasteiger partial charge in [-0.15, -0.1) is 0 Å². The molecule has 0 saturated heterocycles. The molecule has 11 heteroatoms. The molecule has 1 aromatic rings. The van der Waals surface area contributed by atoms with Crippen LogP contribution in [0.1, 0.15) is 13.8 Å². The van der Waals surface area contributed by atoms with Crippen molar-refractivity contribution >= 4 is 33.3 Å². The van der Waals surface area contributed by atoms with E-state index in [1.165, 1.54) is 13.8 Å². The number of hydrogen-bond acceptors (Lipinski definition) is 5. The van der Waals surface area contributed by atoms with Crippen LogP contribution in [0.3, 0.4) is 0 Å². The molecule has 1 aromatic carbocycles. The molecule has 0 spiro atoms. The number of nitro groups is 1. The van der Waals surface area contributed by atoms with Crippen LogP contribution >= 0.6 is 11.6 Å². The van der Waals surface area contributed by atoms with Crippen molar-refractivity contribution in [3.8, 4) is 0 Å².